The first-order valence-electron chi connectivity index (χ1n) is 6.73. The maximum absolute atomic E-state index is 11.7. The van der Waals surface area contributed by atoms with Crippen molar-refractivity contribution in [1.29, 1.82) is 0 Å². The smallest absolute Gasteiger partial charge is 0.395 e. The lowest BCUT2D eigenvalue weighted by atomic mass is 10.1. The van der Waals surface area contributed by atoms with Crippen LogP contribution in [0.5, 0.6) is 5.88 Å². The number of carbonyl (C=O) groups excluding carboxylic acids is 1. The van der Waals surface area contributed by atoms with Gasteiger partial charge in [0.15, 0.2) is 6.61 Å². The molecule has 0 aliphatic heterocycles. The van der Waals surface area contributed by atoms with E-state index in [4.69, 9.17) is 4.74 Å². The second-order valence-corrected chi connectivity index (χ2v) is 4.52. The predicted octanol–water partition coefficient (Wildman–Crippen LogP) is 0.416. The molecule has 1 aromatic heterocycles. The summed E-state index contributed by atoms with van der Waals surface area (Å²) in [5, 5.41) is 13.4. The number of hydrogen-bond acceptors (Lipinski definition) is 6. The van der Waals surface area contributed by atoms with Crippen LogP contribution in [0, 0.1) is 10.1 Å². The van der Waals surface area contributed by atoms with Gasteiger partial charge in [0.2, 0.25) is 0 Å². The average Bonchev–Trinajstić information content (AvgIpc) is 2.53. The molecule has 1 heterocycles. The van der Waals surface area contributed by atoms with Crippen LogP contribution in [0.1, 0.15) is 5.56 Å². The third-order valence-electron chi connectivity index (χ3n) is 2.90. The molecule has 9 heteroatoms. The van der Waals surface area contributed by atoms with E-state index < -0.39 is 34.6 Å². The lowest BCUT2D eigenvalue weighted by Gasteiger charge is -2.06. The van der Waals surface area contributed by atoms with Crippen molar-refractivity contribution in [3.8, 4) is 5.88 Å². The Morgan fingerprint density at radius 3 is 2.78 bits per heavy atom. The van der Waals surface area contributed by atoms with Crippen molar-refractivity contribution in [2.75, 3.05) is 13.2 Å². The fourth-order valence-electron chi connectivity index (χ4n) is 1.82. The first kappa shape index (κ1) is 16.1. The zero-order valence-corrected chi connectivity index (χ0v) is 12.0. The SMILES string of the molecule is O=C(COc1nc[nH]c(=O)c1[N+](=O)[O-])NCCc1ccccc1. The highest BCUT2D eigenvalue weighted by Gasteiger charge is 2.22. The Kier molecular flexibility index (Phi) is 5.40. The number of carbonyl (C=O) groups is 1. The van der Waals surface area contributed by atoms with Crippen LogP contribution in [0.25, 0.3) is 0 Å². The summed E-state index contributed by atoms with van der Waals surface area (Å²) in [6.07, 6.45) is 1.62. The molecule has 9 nitrogen and oxygen atoms in total. The third kappa shape index (κ3) is 4.63. The number of amides is 1. The van der Waals surface area contributed by atoms with Crippen LogP contribution in [0.2, 0.25) is 0 Å². The Hall–Kier alpha value is -3.23. The van der Waals surface area contributed by atoms with E-state index in [2.05, 4.69) is 15.3 Å². The third-order valence-corrected chi connectivity index (χ3v) is 2.90. The van der Waals surface area contributed by atoms with Crippen LogP contribution in [-0.2, 0) is 11.2 Å². The minimum absolute atomic E-state index is 0.400. The number of aromatic nitrogens is 2. The molecule has 0 unspecified atom stereocenters. The van der Waals surface area contributed by atoms with E-state index in [0.717, 1.165) is 11.9 Å². The number of nitro groups is 1. The molecule has 0 atom stereocenters. The van der Waals surface area contributed by atoms with Gasteiger partial charge in [-0.15, -0.1) is 0 Å². The molecule has 1 aromatic carbocycles. The lowest BCUT2D eigenvalue weighted by molar-refractivity contribution is -0.387. The predicted molar refractivity (Wildman–Crippen MR) is 80.2 cm³/mol. The Balaban J connectivity index is 1.84. The van der Waals surface area contributed by atoms with E-state index in [1.54, 1.807) is 0 Å². The molecule has 0 spiro atoms. The van der Waals surface area contributed by atoms with Crippen LogP contribution in [0.4, 0.5) is 5.69 Å². The number of nitrogens with zero attached hydrogens (tertiary/aromatic N) is 2. The molecule has 0 saturated heterocycles. The molecule has 0 bridgehead atoms. The van der Waals surface area contributed by atoms with Gasteiger partial charge in [-0.05, 0) is 12.0 Å². The summed E-state index contributed by atoms with van der Waals surface area (Å²) in [5.74, 6) is -0.950. The van der Waals surface area contributed by atoms with Crippen LogP contribution < -0.4 is 15.6 Å². The molecule has 2 rings (SSSR count). The number of benzene rings is 1. The monoisotopic (exact) mass is 318 g/mol. The molecule has 23 heavy (non-hydrogen) atoms. The van der Waals surface area contributed by atoms with Crippen molar-refractivity contribution < 1.29 is 14.5 Å². The molecule has 1 amide bonds. The molecular weight excluding hydrogens is 304 g/mol. The second kappa shape index (κ2) is 7.69. The second-order valence-electron chi connectivity index (χ2n) is 4.52. The molecule has 0 aliphatic rings. The van der Waals surface area contributed by atoms with E-state index in [1.807, 2.05) is 30.3 Å². The lowest BCUT2D eigenvalue weighted by Crippen LogP contribution is -2.31. The molecule has 120 valence electrons. The summed E-state index contributed by atoms with van der Waals surface area (Å²) in [4.78, 5) is 38.5. The van der Waals surface area contributed by atoms with Gasteiger partial charge in [0, 0.05) is 6.54 Å². The fourth-order valence-corrected chi connectivity index (χ4v) is 1.82. The topological polar surface area (TPSA) is 127 Å². The molecular formula is C14H14N4O5. The van der Waals surface area contributed by atoms with E-state index in [-0.39, 0.29) is 0 Å². The number of hydrogen-bond donors (Lipinski definition) is 2. The molecule has 2 N–H and O–H groups in total. The number of rotatable bonds is 7. The van der Waals surface area contributed by atoms with Gasteiger partial charge in [0.25, 0.3) is 5.91 Å². The summed E-state index contributed by atoms with van der Waals surface area (Å²) < 4.78 is 4.96. The normalized spacial score (nSPS) is 10.1. The average molecular weight is 318 g/mol. The van der Waals surface area contributed by atoms with Crippen molar-refractivity contribution in [1.82, 2.24) is 15.3 Å². The van der Waals surface area contributed by atoms with Crippen molar-refractivity contribution in [2.45, 2.75) is 6.42 Å². The van der Waals surface area contributed by atoms with E-state index in [9.17, 15) is 19.7 Å². The van der Waals surface area contributed by atoms with E-state index in [0.29, 0.717) is 13.0 Å². The van der Waals surface area contributed by atoms with Crippen molar-refractivity contribution >= 4 is 11.6 Å². The van der Waals surface area contributed by atoms with Crippen LogP contribution in [0.3, 0.4) is 0 Å². The highest BCUT2D eigenvalue weighted by molar-refractivity contribution is 5.77. The first-order valence-corrected chi connectivity index (χ1v) is 6.73. The fraction of sp³-hybridized carbons (Fsp3) is 0.214. The van der Waals surface area contributed by atoms with E-state index in [1.165, 1.54) is 0 Å². The minimum Gasteiger partial charge on any atom is -0.463 e. The summed E-state index contributed by atoms with van der Waals surface area (Å²) in [6, 6.07) is 9.58. The van der Waals surface area contributed by atoms with Gasteiger partial charge in [-0.1, -0.05) is 30.3 Å². The first-order chi connectivity index (χ1) is 11.1. The summed E-state index contributed by atoms with van der Waals surface area (Å²) in [7, 11) is 0. The number of nitrogens with one attached hydrogen (secondary N) is 2. The van der Waals surface area contributed by atoms with Crippen LogP contribution in [0.15, 0.2) is 41.5 Å². The quantitative estimate of drug-likeness (QED) is 0.562. The number of H-pyrrole nitrogens is 1. The zero-order valence-electron chi connectivity index (χ0n) is 12.0. The van der Waals surface area contributed by atoms with Crippen molar-refractivity contribution in [2.24, 2.45) is 0 Å². The van der Waals surface area contributed by atoms with Crippen molar-refractivity contribution in [3.05, 3.63) is 62.7 Å². The molecule has 0 radical (unpaired) electrons. The zero-order chi connectivity index (χ0) is 16.7. The van der Waals surface area contributed by atoms with Gasteiger partial charge in [-0.2, -0.15) is 4.98 Å². The summed E-state index contributed by atoms with van der Waals surface area (Å²) in [5.41, 5.74) is -0.699. The maximum atomic E-state index is 11.7. The van der Waals surface area contributed by atoms with Gasteiger partial charge in [-0.3, -0.25) is 19.7 Å². The Bertz CT molecular complexity index is 744. The minimum atomic E-state index is -0.940. The Morgan fingerprint density at radius 2 is 2.09 bits per heavy atom. The summed E-state index contributed by atoms with van der Waals surface area (Å²) >= 11 is 0. The Morgan fingerprint density at radius 1 is 1.35 bits per heavy atom. The number of aromatic amines is 1. The van der Waals surface area contributed by atoms with Gasteiger partial charge in [0.05, 0.1) is 11.3 Å². The van der Waals surface area contributed by atoms with Gasteiger partial charge in [0.1, 0.15) is 0 Å². The van der Waals surface area contributed by atoms with Crippen LogP contribution in [-0.4, -0.2) is 34.0 Å². The van der Waals surface area contributed by atoms with Crippen LogP contribution >= 0.6 is 0 Å². The highest BCUT2D eigenvalue weighted by atomic mass is 16.6. The van der Waals surface area contributed by atoms with Gasteiger partial charge < -0.3 is 15.0 Å². The van der Waals surface area contributed by atoms with Gasteiger partial charge in [-0.25, -0.2) is 0 Å². The maximum Gasteiger partial charge on any atom is 0.395 e. The largest absolute Gasteiger partial charge is 0.463 e. The van der Waals surface area contributed by atoms with Crippen molar-refractivity contribution in [3.63, 3.8) is 0 Å². The van der Waals surface area contributed by atoms with Gasteiger partial charge >= 0.3 is 17.1 Å². The molecule has 0 saturated carbocycles. The molecule has 2 aromatic rings. The molecule has 0 fully saturated rings. The Labute approximate surface area is 130 Å². The highest BCUT2D eigenvalue weighted by Crippen LogP contribution is 2.17. The molecule has 0 aliphatic carbocycles. The number of ether oxygens (including phenoxy) is 1. The summed E-state index contributed by atoms with van der Waals surface area (Å²) in [6.45, 7) is -0.0663. The standard InChI is InChI=1S/C14H14N4O5/c19-11(15-7-6-10-4-2-1-3-5-10)8-23-14-12(18(21)22)13(20)16-9-17-14/h1-5,9H,6-8H2,(H,15,19)(H,16,17,20). The van der Waals surface area contributed by atoms with E-state index >= 15 is 0 Å².